The maximum atomic E-state index is 12.4. The molecule has 0 bridgehead atoms. The molecule has 8 atom stereocenters. The van der Waals surface area contributed by atoms with Crippen molar-refractivity contribution in [3.63, 3.8) is 0 Å². The average Bonchev–Trinajstić information content (AvgIpc) is 3.06. The lowest BCUT2D eigenvalue weighted by atomic mass is 10.1. The summed E-state index contributed by atoms with van der Waals surface area (Å²) in [6.07, 6.45) is -3.98. The first-order chi connectivity index (χ1) is 13.4. The molecule has 0 radical (unpaired) electrons. The maximum Gasteiger partial charge on any atom is 0.343 e. The first-order valence-corrected chi connectivity index (χ1v) is 11.4. The van der Waals surface area contributed by atoms with Gasteiger partial charge in [0.05, 0.1) is 43.2 Å². The number of carbonyl (C=O) groups excluding carboxylic acids is 1. The molecule has 2 fully saturated rings. The number of rotatable bonds is 9. The van der Waals surface area contributed by atoms with Gasteiger partial charge in [0.2, 0.25) is 0 Å². The Labute approximate surface area is 171 Å². The van der Waals surface area contributed by atoms with Crippen LogP contribution < -0.4 is 10.6 Å². The molecule has 2 heterocycles. The molecule has 2 aliphatic rings. The molecule has 0 aliphatic carbocycles. The van der Waals surface area contributed by atoms with E-state index in [1.165, 1.54) is 0 Å². The van der Waals surface area contributed by atoms with Gasteiger partial charge < -0.3 is 38.6 Å². The zero-order valence-corrected chi connectivity index (χ0v) is 18.7. The monoisotopic (exact) mass is 438 g/mol. The Morgan fingerprint density at radius 1 is 1.21 bits per heavy atom. The summed E-state index contributed by atoms with van der Waals surface area (Å²) in [7, 11) is -5.03. The molecule has 0 aromatic rings. The Kier molecular flexibility index (Phi) is 8.64. The average molecular weight is 438 g/mol. The summed E-state index contributed by atoms with van der Waals surface area (Å²) in [5, 5.41) is 0. The Hall–Kier alpha value is -0.580. The third-order valence-electron chi connectivity index (χ3n) is 4.68. The second-order valence-electron chi connectivity index (χ2n) is 8.09. The van der Waals surface area contributed by atoms with E-state index >= 15 is 0 Å². The molecule has 0 spiro atoms. The van der Waals surface area contributed by atoms with Gasteiger partial charge in [0.15, 0.2) is 6.10 Å². The standard InChI is InChI=1S/C18H34NO9P/c1-9(2)23-8-14-16(15(19)12(6)26-14)27-29(21,22)28-18(20)17-13(24-10(3)4)7-11(5)25-17/h9-17H,7-8,19H2,1-6H3,(H,21,22)/p-1/t11-,12-,13+,14+,15?,16-,17-/m0/s1. The van der Waals surface area contributed by atoms with Gasteiger partial charge in [0.25, 0.3) is 0 Å². The van der Waals surface area contributed by atoms with Gasteiger partial charge in [-0.25, -0.2) is 4.79 Å². The molecule has 2 aliphatic heterocycles. The van der Waals surface area contributed by atoms with Gasteiger partial charge >= 0.3 is 13.8 Å². The van der Waals surface area contributed by atoms with Crippen molar-refractivity contribution in [1.82, 2.24) is 0 Å². The van der Waals surface area contributed by atoms with Gasteiger partial charge in [-0.05, 0) is 41.5 Å². The summed E-state index contributed by atoms with van der Waals surface area (Å²) in [6, 6.07) is -0.725. The van der Waals surface area contributed by atoms with Crippen molar-refractivity contribution >= 4 is 13.8 Å². The molecule has 170 valence electrons. The lowest BCUT2D eigenvalue weighted by molar-refractivity contribution is -0.233. The van der Waals surface area contributed by atoms with Crippen LogP contribution in [0.1, 0.15) is 48.0 Å². The number of hydrogen-bond acceptors (Lipinski definition) is 10. The third-order valence-corrected chi connectivity index (χ3v) is 5.59. The van der Waals surface area contributed by atoms with Crippen LogP contribution in [0.5, 0.6) is 0 Å². The van der Waals surface area contributed by atoms with Crippen molar-refractivity contribution in [2.75, 3.05) is 6.61 Å². The zero-order valence-electron chi connectivity index (χ0n) is 17.8. The molecule has 2 N–H and O–H groups in total. The van der Waals surface area contributed by atoms with Crippen LogP contribution in [0.2, 0.25) is 0 Å². The predicted molar refractivity (Wildman–Crippen MR) is 101 cm³/mol. The van der Waals surface area contributed by atoms with Crippen LogP contribution in [0.25, 0.3) is 0 Å². The highest BCUT2D eigenvalue weighted by molar-refractivity contribution is 7.46. The molecule has 11 heteroatoms. The number of ether oxygens (including phenoxy) is 4. The highest BCUT2D eigenvalue weighted by Gasteiger charge is 2.46. The number of phosphoric acid groups is 1. The van der Waals surface area contributed by atoms with Gasteiger partial charge in [-0.3, -0.25) is 4.57 Å². The summed E-state index contributed by atoms with van der Waals surface area (Å²) in [5.41, 5.74) is 6.02. The Bertz CT molecular complexity index is 602. The van der Waals surface area contributed by atoms with Crippen LogP contribution in [0.15, 0.2) is 0 Å². The van der Waals surface area contributed by atoms with Gasteiger partial charge in [-0.2, -0.15) is 0 Å². The SMILES string of the molecule is CC(C)OC[C@H]1O[C@@H](C)C(N)[C@H]1OP(=O)([O-])OC(=O)[C@H]1O[C@@H](C)C[C@H]1OC(C)C. The Morgan fingerprint density at radius 3 is 2.45 bits per heavy atom. The van der Waals surface area contributed by atoms with Crippen LogP contribution in [-0.4, -0.2) is 67.4 Å². The topological polar surface area (TPSA) is 139 Å². The van der Waals surface area contributed by atoms with E-state index in [9.17, 15) is 14.3 Å². The number of carbonyl (C=O) groups is 1. The maximum absolute atomic E-state index is 12.4. The van der Waals surface area contributed by atoms with Crippen molar-refractivity contribution in [2.24, 2.45) is 5.73 Å². The lowest BCUT2D eigenvalue weighted by Gasteiger charge is -2.30. The van der Waals surface area contributed by atoms with E-state index in [1.54, 1.807) is 13.8 Å². The van der Waals surface area contributed by atoms with Crippen molar-refractivity contribution in [2.45, 2.75) is 103 Å². The number of nitrogens with two attached hydrogens (primary N) is 1. The molecule has 2 unspecified atom stereocenters. The van der Waals surface area contributed by atoms with Gasteiger partial charge in [0, 0.05) is 6.42 Å². The predicted octanol–water partition coefficient (Wildman–Crippen LogP) is 0.894. The highest BCUT2D eigenvalue weighted by atomic mass is 31.2. The van der Waals surface area contributed by atoms with Crippen LogP contribution in [0.4, 0.5) is 0 Å². The number of hydrogen-bond donors (Lipinski definition) is 1. The minimum absolute atomic E-state index is 0.0809. The molecular weight excluding hydrogens is 405 g/mol. The van der Waals surface area contributed by atoms with E-state index in [0.29, 0.717) is 6.42 Å². The van der Waals surface area contributed by atoms with Crippen molar-refractivity contribution in [1.29, 1.82) is 0 Å². The molecule has 2 saturated heterocycles. The molecule has 0 amide bonds. The quantitative estimate of drug-likeness (QED) is 0.516. The third kappa shape index (κ3) is 6.97. The first kappa shape index (κ1) is 24.7. The van der Waals surface area contributed by atoms with Gasteiger partial charge in [-0.15, -0.1) is 0 Å². The molecule has 0 saturated carbocycles. The van der Waals surface area contributed by atoms with Crippen LogP contribution >= 0.6 is 7.82 Å². The zero-order chi connectivity index (χ0) is 21.9. The van der Waals surface area contributed by atoms with E-state index in [4.69, 9.17) is 29.2 Å². The van der Waals surface area contributed by atoms with Crippen LogP contribution in [0, 0.1) is 0 Å². The van der Waals surface area contributed by atoms with E-state index in [-0.39, 0.29) is 24.9 Å². The Morgan fingerprint density at radius 2 is 1.86 bits per heavy atom. The van der Waals surface area contributed by atoms with E-state index < -0.39 is 50.4 Å². The summed E-state index contributed by atoms with van der Waals surface area (Å²) in [4.78, 5) is 24.9. The summed E-state index contributed by atoms with van der Waals surface area (Å²) in [6.45, 7) is 10.9. The molecule has 0 aromatic heterocycles. The molecule has 0 aromatic carbocycles. The Balaban J connectivity index is 2.01. The summed E-state index contributed by atoms with van der Waals surface area (Å²) in [5.74, 6) is -1.08. The first-order valence-electron chi connectivity index (χ1n) is 9.96. The fraction of sp³-hybridized carbons (Fsp3) is 0.944. The fourth-order valence-corrected chi connectivity index (χ4v) is 4.32. The summed E-state index contributed by atoms with van der Waals surface area (Å²) < 4.78 is 44.5. The second-order valence-corrected chi connectivity index (χ2v) is 9.38. The molecule has 10 nitrogen and oxygen atoms in total. The lowest BCUT2D eigenvalue weighted by Crippen LogP contribution is -2.43. The number of phosphoric ester groups is 1. The van der Waals surface area contributed by atoms with E-state index in [0.717, 1.165) is 0 Å². The van der Waals surface area contributed by atoms with Gasteiger partial charge in [-0.1, -0.05) is 0 Å². The molecular formula is C18H33NO9P-. The van der Waals surface area contributed by atoms with Crippen molar-refractivity contribution in [3.05, 3.63) is 0 Å². The minimum atomic E-state index is -5.03. The minimum Gasteiger partial charge on any atom is -0.746 e. The smallest absolute Gasteiger partial charge is 0.343 e. The largest absolute Gasteiger partial charge is 0.746 e. The fourth-order valence-electron chi connectivity index (χ4n) is 3.38. The highest BCUT2D eigenvalue weighted by Crippen LogP contribution is 2.44. The van der Waals surface area contributed by atoms with E-state index in [2.05, 4.69) is 4.52 Å². The molecule has 29 heavy (non-hydrogen) atoms. The van der Waals surface area contributed by atoms with Crippen molar-refractivity contribution in [3.8, 4) is 0 Å². The normalized spacial score (nSPS) is 37.2. The van der Waals surface area contributed by atoms with Crippen LogP contribution in [-0.2, 0) is 37.4 Å². The molecule has 2 rings (SSSR count). The van der Waals surface area contributed by atoms with Crippen LogP contribution in [0.3, 0.4) is 0 Å². The van der Waals surface area contributed by atoms with Gasteiger partial charge in [0.1, 0.15) is 12.2 Å². The van der Waals surface area contributed by atoms with E-state index in [1.807, 2.05) is 27.7 Å². The van der Waals surface area contributed by atoms with Crippen molar-refractivity contribution < 1.29 is 42.2 Å². The summed E-state index contributed by atoms with van der Waals surface area (Å²) >= 11 is 0. The second kappa shape index (κ2) is 10.2.